The summed E-state index contributed by atoms with van der Waals surface area (Å²) < 4.78 is 5.36. The number of hydrogen-bond donors (Lipinski definition) is 1. The number of rotatable bonds is 6. The Morgan fingerprint density at radius 1 is 1.22 bits per heavy atom. The molecule has 6 nitrogen and oxygen atoms in total. The molecule has 1 amide bonds. The van der Waals surface area contributed by atoms with Crippen LogP contribution < -0.4 is 10.4 Å². The van der Waals surface area contributed by atoms with E-state index < -0.39 is 23.8 Å². The molecule has 1 aromatic rings. The van der Waals surface area contributed by atoms with Gasteiger partial charge in [-0.2, -0.15) is 0 Å². The van der Waals surface area contributed by atoms with Gasteiger partial charge in [0, 0.05) is 22.7 Å². The largest absolute Gasteiger partial charge is 0.550 e. The van der Waals surface area contributed by atoms with Crippen LogP contribution in [0.2, 0.25) is 0 Å². The number of carboxylic acids is 1. The lowest BCUT2D eigenvalue weighted by Gasteiger charge is -2.30. The molecule has 27 heavy (non-hydrogen) atoms. The molecule has 3 rings (SSSR count). The molecule has 2 aliphatic carbocycles. The van der Waals surface area contributed by atoms with Gasteiger partial charge in [-0.05, 0) is 63.9 Å². The molecular weight excluding hydrogens is 366 g/mol. The standard InChI is InChI=1S/C20H27NO5S/c1-5-13-10(4)27-18(16(13)20(25)26-9(2)3)21-17(22)14-11-6-7-12(8-11)15(14)19(23)24/h9,11-12,14-15H,5-8H2,1-4H3,(H,21,22)(H,23,24)/p-1/t11-,12+,14+,15+/m1/s1. The molecule has 7 heteroatoms. The smallest absolute Gasteiger partial charge is 0.341 e. The van der Waals surface area contributed by atoms with E-state index in [0.29, 0.717) is 17.0 Å². The van der Waals surface area contributed by atoms with Gasteiger partial charge >= 0.3 is 5.97 Å². The summed E-state index contributed by atoms with van der Waals surface area (Å²) in [5.41, 5.74) is 1.26. The van der Waals surface area contributed by atoms with Crippen LogP contribution in [0.1, 0.15) is 60.8 Å². The molecule has 0 aliphatic heterocycles. The number of esters is 1. The maximum absolute atomic E-state index is 13.0. The number of aliphatic carboxylic acids is 1. The van der Waals surface area contributed by atoms with E-state index in [0.717, 1.165) is 29.7 Å². The molecule has 4 atom stereocenters. The van der Waals surface area contributed by atoms with Crippen molar-refractivity contribution in [1.29, 1.82) is 0 Å². The number of hydrogen-bond acceptors (Lipinski definition) is 6. The number of ether oxygens (including phenoxy) is 1. The number of amides is 1. The lowest BCUT2D eigenvalue weighted by atomic mass is 9.79. The second kappa shape index (κ2) is 7.62. The number of aryl methyl sites for hydroxylation is 1. The van der Waals surface area contributed by atoms with E-state index in [4.69, 9.17) is 4.74 Å². The maximum Gasteiger partial charge on any atom is 0.341 e. The first kappa shape index (κ1) is 19.9. The van der Waals surface area contributed by atoms with E-state index in [1.165, 1.54) is 11.3 Å². The van der Waals surface area contributed by atoms with Crippen LogP contribution in [0.25, 0.3) is 0 Å². The average molecular weight is 392 g/mol. The summed E-state index contributed by atoms with van der Waals surface area (Å²) in [6.07, 6.45) is 2.87. The highest BCUT2D eigenvalue weighted by Crippen LogP contribution is 2.52. The Balaban J connectivity index is 1.88. The summed E-state index contributed by atoms with van der Waals surface area (Å²) >= 11 is 1.34. The quantitative estimate of drug-likeness (QED) is 0.751. The van der Waals surface area contributed by atoms with E-state index >= 15 is 0 Å². The minimum Gasteiger partial charge on any atom is -0.550 e. The summed E-state index contributed by atoms with van der Waals surface area (Å²) in [6.45, 7) is 7.42. The second-order valence-electron chi connectivity index (χ2n) is 7.84. The van der Waals surface area contributed by atoms with Gasteiger partial charge in [-0.3, -0.25) is 4.79 Å². The van der Waals surface area contributed by atoms with E-state index in [2.05, 4.69) is 5.32 Å². The van der Waals surface area contributed by atoms with Crippen molar-refractivity contribution < 1.29 is 24.2 Å². The van der Waals surface area contributed by atoms with Gasteiger partial charge in [0.2, 0.25) is 5.91 Å². The van der Waals surface area contributed by atoms with Gasteiger partial charge in [0.15, 0.2) is 0 Å². The van der Waals surface area contributed by atoms with Gasteiger partial charge in [0.05, 0.1) is 11.7 Å². The molecule has 0 saturated heterocycles. The minimum absolute atomic E-state index is 0.0254. The molecule has 1 N–H and O–H groups in total. The third-order valence-electron chi connectivity index (χ3n) is 5.84. The second-order valence-corrected chi connectivity index (χ2v) is 9.07. The van der Waals surface area contributed by atoms with Crippen molar-refractivity contribution in [3.63, 3.8) is 0 Å². The van der Waals surface area contributed by atoms with Crippen molar-refractivity contribution in [1.82, 2.24) is 0 Å². The van der Waals surface area contributed by atoms with E-state index in [9.17, 15) is 19.5 Å². The fraction of sp³-hybridized carbons (Fsp3) is 0.650. The maximum atomic E-state index is 13.0. The molecule has 0 spiro atoms. The highest BCUT2D eigenvalue weighted by Gasteiger charge is 2.51. The Morgan fingerprint density at radius 2 is 1.85 bits per heavy atom. The van der Waals surface area contributed by atoms with Crippen molar-refractivity contribution in [3.05, 3.63) is 16.0 Å². The Morgan fingerprint density at radius 3 is 2.41 bits per heavy atom. The van der Waals surface area contributed by atoms with Crippen LogP contribution in [-0.2, 0) is 20.7 Å². The van der Waals surface area contributed by atoms with E-state index in [1.807, 2.05) is 13.8 Å². The van der Waals surface area contributed by atoms with Crippen LogP contribution in [-0.4, -0.2) is 23.9 Å². The van der Waals surface area contributed by atoms with Gasteiger partial charge in [-0.25, -0.2) is 4.79 Å². The Labute approximate surface area is 163 Å². The zero-order valence-electron chi connectivity index (χ0n) is 16.2. The number of carbonyl (C=O) groups excluding carboxylic acids is 3. The zero-order chi connectivity index (χ0) is 19.9. The van der Waals surface area contributed by atoms with Crippen molar-refractivity contribution in [2.75, 3.05) is 5.32 Å². The van der Waals surface area contributed by atoms with Crippen LogP contribution in [0.5, 0.6) is 0 Å². The van der Waals surface area contributed by atoms with Gasteiger partial charge in [-0.1, -0.05) is 6.92 Å². The molecule has 2 fully saturated rings. The topological polar surface area (TPSA) is 95.5 Å². The first-order valence-corrected chi connectivity index (χ1v) is 10.4. The van der Waals surface area contributed by atoms with E-state index in [1.54, 1.807) is 13.8 Å². The van der Waals surface area contributed by atoms with Gasteiger partial charge in [0.25, 0.3) is 0 Å². The van der Waals surface area contributed by atoms with Gasteiger partial charge in [-0.15, -0.1) is 11.3 Å². The van der Waals surface area contributed by atoms with Crippen LogP contribution >= 0.6 is 11.3 Å². The predicted molar refractivity (Wildman–Crippen MR) is 100 cm³/mol. The number of thiophene rings is 1. The van der Waals surface area contributed by atoms with E-state index in [-0.39, 0.29) is 23.8 Å². The van der Waals surface area contributed by atoms with Crippen molar-refractivity contribution in [2.45, 2.75) is 59.5 Å². The Kier molecular flexibility index (Phi) is 5.60. The normalized spacial score (nSPS) is 26.4. The highest BCUT2D eigenvalue weighted by atomic mass is 32.1. The van der Waals surface area contributed by atoms with Crippen LogP contribution in [0.4, 0.5) is 5.00 Å². The molecule has 2 saturated carbocycles. The minimum atomic E-state index is -1.14. The number of nitrogens with one attached hydrogen (secondary N) is 1. The average Bonchev–Trinajstić information content (AvgIpc) is 3.25. The summed E-state index contributed by atoms with van der Waals surface area (Å²) in [4.78, 5) is 38.1. The predicted octanol–water partition coefficient (Wildman–Crippen LogP) is 2.53. The third kappa shape index (κ3) is 3.61. The Hall–Kier alpha value is -1.89. The lowest BCUT2D eigenvalue weighted by Crippen LogP contribution is -2.44. The third-order valence-corrected chi connectivity index (χ3v) is 6.90. The number of fused-ring (bicyclic) bond motifs is 2. The number of carbonyl (C=O) groups is 3. The molecule has 148 valence electrons. The van der Waals surface area contributed by atoms with Crippen LogP contribution in [0, 0.1) is 30.6 Å². The summed E-state index contributed by atoms with van der Waals surface area (Å²) in [7, 11) is 0. The molecule has 0 unspecified atom stereocenters. The highest BCUT2D eigenvalue weighted by molar-refractivity contribution is 7.16. The van der Waals surface area contributed by atoms with Crippen LogP contribution in [0.15, 0.2) is 0 Å². The van der Waals surface area contributed by atoms with Crippen LogP contribution in [0.3, 0.4) is 0 Å². The molecule has 0 aromatic carbocycles. The first-order chi connectivity index (χ1) is 12.7. The molecule has 0 radical (unpaired) electrons. The molecule has 1 aromatic heterocycles. The fourth-order valence-electron chi connectivity index (χ4n) is 4.78. The molecule has 2 bridgehead atoms. The summed E-state index contributed by atoms with van der Waals surface area (Å²) in [5, 5.41) is 14.9. The van der Waals surface area contributed by atoms with Crippen molar-refractivity contribution >= 4 is 34.2 Å². The summed E-state index contributed by atoms with van der Waals surface area (Å²) in [6, 6.07) is 0. The SMILES string of the molecule is CCc1c(C)sc(NC(=O)[C@H]2[C@@H]3CC[C@@H](C3)[C@@H]2C(=O)[O-])c1C(=O)OC(C)C. The fourth-order valence-corrected chi connectivity index (χ4v) is 5.92. The van der Waals surface area contributed by atoms with Crippen molar-refractivity contribution in [2.24, 2.45) is 23.7 Å². The molecular formula is C20H26NO5S-. The number of anilines is 1. The first-order valence-electron chi connectivity index (χ1n) is 9.59. The van der Waals surface area contributed by atoms with Gasteiger partial charge < -0.3 is 20.0 Å². The summed E-state index contributed by atoms with van der Waals surface area (Å²) in [5.74, 6) is -3.13. The lowest BCUT2D eigenvalue weighted by molar-refractivity contribution is -0.314. The number of carboxylic acid groups (broad SMARTS) is 1. The van der Waals surface area contributed by atoms with Crippen molar-refractivity contribution in [3.8, 4) is 0 Å². The molecule has 1 heterocycles. The van der Waals surface area contributed by atoms with Gasteiger partial charge in [0.1, 0.15) is 5.00 Å². The monoisotopic (exact) mass is 392 g/mol. The Bertz CT molecular complexity index is 769. The zero-order valence-corrected chi connectivity index (χ0v) is 17.0. The molecule has 2 aliphatic rings.